The van der Waals surface area contributed by atoms with Crippen LogP contribution in [0.5, 0.6) is 0 Å². The first kappa shape index (κ1) is 17.7. The molecule has 0 radical (unpaired) electrons. The first-order valence-electron chi connectivity index (χ1n) is 9.46. The van der Waals surface area contributed by atoms with Crippen LogP contribution < -0.4 is 15.5 Å². The number of fused-ring (bicyclic) bond motifs is 1. The van der Waals surface area contributed by atoms with Gasteiger partial charge in [-0.25, -0.2) is 4.98 Å². The summed E-state index contributed by atoms with van der Waals surface area (Å²) in [5, 5.41) is 6.41. The van der Waals surface area contributed by atoms with Gasteiger partial charge in [0.25, 0.3) is 0 Å². The summed E-state index contributed by atoms with van der Waals surface area (Å²) in [6.07, 6.45) is 1.06. The fourth-order valence-electron chi connectivity index (χ4n) is 3.73. The number of hydrogen-bond acceptors (Lipinski definition) is 6. The van der Waals surface area contributed by atoms with Crippen molar-refractivity contribution >= 4 is 23.4 Å². The number of aromatic nitrogens is 2. The van der Waals surface area contributed by atoms with Crippen LogP contribution in [-0.4, -0.2) is 53.0 Å². The normalized spacial score (nSPS) is 22.5. The van der Waals surface area contributed by atoms with Crippen molar-refractivity contribution in [1.29, 1.82) is 0 Å². The molecule has 7 heteroatoms. The first-order chi connectivity index (χ1) is 13.0. The van der Waals surface area contributed by atoms with E-state index in [2.05, 4.69) is 49.8 Å². The molecule has 142 valence electrons. The molecule has 0 saturated carbocycles. The number of aryl methyl sites for hydroxylation is 1. The Labute approximate surface area is 159 Å². The van der Waals surface area contributed by atoms with Crippen LogP contribution in [0.3, 0.4) is 0 Å². The number of likely N-dealkylation sites (tertiary alicyclic amines) is 1. The van der Waals surface area contributed by atoms with E-state index in [0.717, 1.165) is 37.6 Å². The monoisotopic (exact) mass is 366 g/mol. The number of hydrogen-bond donors (Lipinski definition) is 2. The van der Waals surface area contributed by atoms with Crippen molar-refractivity contribution in [2.24, 2.45) is 0 Å². The van der Waals surface area contributed by atoms with Crippen LogP contribution in [0.15, 0.2) is 30.3 Å². The molecule has 4 rings (SSSR count). The molecule has 7 nitrogen and oxygen atoms in total. The van der Waals surface area contributed by atoms with Gasteiger partial charge >= 0.3 is 0 Å². The van der Waals surface area contributed by atoms with E-state index in [9.17, 15) is 4.79 Å². The van der Waals surface area contributed by atoms with Crippen LogP contribution in [0, 0.1) is 6.92 Å². The lowest BCUT2D eigenvalue weighted by molar-refractivity contribution is -0.117. The van der Waals surface area contributed by atoms with Gasteiger partial charge in [-0.1, -0.05) is 30.3 Å². The van der Waals surface area contributed by atoms with Gasteiger partial charge < -0.3 is 15.5 Å². The fourth-order valence-corrected chi connectivity index (χ4v) is 3.73. The SMILES string of the molecule is Cc1nc(NC2CCN(Cc3ccccc3)C2)nc2c1NC(=O)[C@H](C)N2C. The highest BCUT2D eigenvalue weighted by atomic mass is 16.2. The molecule has 0 bridgehead atoms. The Bertz CT molecular complexity index is 840. The maximum atomic E-state index is 12.0. The maximum Gasteiger partial charge on any atom is 0.246 e. The van der Waals surface area contributed by atoms with Gasteiger partial charge in [0.15, 0.2) is 5.82 Å². The zero-order valence-corrected chi connectivity index (χ0v) is 16.1. The molecule has 1 fully saturated rings. The zero-order chi connectivity index (χ0) is 19.0. The predicted octanol–water partition coefficient (Wildman–Crippen LogP) is 2.25. The largest absolute Gasteiger partial charge is 0.350 e. The molecule has 2 aliphatic rings. The van der Waals surface area contributed by atoms with Crippen molar-refractivity contribution in [2.75, 3.05) is 35.7 Å². The summed E-state index contributed by atoms with van der Waals surface area (Å²) in [4.78, 5) is 25.7. The number of amides is 1. The summed E-state index contributed by atoms with van der Waals surface area (Å²) in [5.74, 6) is 1.38. The molecule has 27 heavy (non-hydrogen) atoms. The minimum absolute atomic E-state index is 0.0234. The van der Waals surface area contributed by atoms with Gasteiger partial charge in [-0.2, -0.15) is 4.98 Å². The third kappa shape index (κ3) is 3.60. The molecule has 1 saturated heterocycles. The average Bonchev–Trinajstić information content (AvgIpc) is 3.08. The highest BCUT2D eigenvalue weighted by molar-refractivity contribution is 6.03. The molecule has 0 aliphatic carbocycles. The molecular formula is C20H26N6O. The van der Waals surface area contributed by atoms with Gasteiger partial charge in [-0.05, 0) is 25.8 Å². The lowest BCUT2D eigenvalue weighted by atomic mass is 10.2. The van der Waals surface area contributed by atoms with E-state index in [0.29, 0.717) is 17.7 Å². The lowest BCUT2D eigenvalue weighted by Crippen LogP contribution is -2.45. The number of nitrogens with one attached hydrogen (secondary N) is 2. The van der Waals surface area contributed by atoms with Crippen LogP contribution >= 0.6 is 0 Å². The van der Waals surface area contributed by atoms with Crippen molar-refractivity contribution < 1.29 is 4.79 Å². The Morgan fingerprint density at radius 3 is 2.81 bits per heavy atom. The molecule has 1 unspecified atom stereocenters. The van der Waals surface area contributed by atoms with E-state index in [4.69, 9.17) is 0 Å². The summed E-state index contributed by atoms with van der Waals surface area (Å²) < 4.78 is 0. The lowest BCUT2D eigenvalue weighted by Gasteiger charge is -2.32. The van der Waals surface area contributed by atoms with E-state index >= 15 is 0 Å². The minimum atomic E-state index is -0.243. The fraction of sp³-hybridized carbons (Fsp3) is 0.450. The smallest absolute Gasteiger partial charge is 0.246 e. The average molecular weight is 366 g/mol. The van der Waals surface area contributed by atoms with E-state index in [1.165, 1.54) is 5.56 Å². The van der Waals surface area contributed by atoms with Crippen LogP contribution in [0.2, 0.25) is 0 Å². The van der Waals surface area contributed by atoms with Crippen LogP contribution in [0.4, 0.5) is 17.5 Å². The van der Waals surface area contributed by atoms with Gasteiger partial charge in [0.05, 0.1) is 5.69 Å². The molecule has 1 aromatic heterocycles. The van der Waals surface area contributed by atoms with E-state index in [1.807, 2.05) is 31.9 Å². The van der Waals surface area contributed by atoms with Crippen LogP contribution in [0.1, 0.15) is 24.6 Å². The van der Waals surface area contributed by atoms with E-state index in [-0.39, 0.29) is 11.9 Å². The highest BCUT2D eigenvalue weighted by Gasteiger charge is 2.31. The van der Waals surface area contributed by atoms with Gasteiger partial charge in [0.1, 0.15) is 11.7 Å². The Morgan fingerprint density at radius 2 is 2.04 bits per heavy atom. The number of nitrogens with zero attached hydrogens (tertiary/aromatic N) is 4. The number of carbonyl (C=O) groups is 1. The third-order valence-electron chi connectivity index (χ3n) is 5.47. The van der Waals surface area contributed by atoms with Crippen LogP contribution in [-0.2, 0) is 11.3 Å². The molecule has 1 amide bonds. The Morgan fingerprint density at radius 1 is 1.26 bits per heavy atom. The zero-order valence-electron chi connectivity index (χ0n) is 16.1. The molecule has 2 atom stereocenters. The molecule has 2 N–H and O–H groups in total. The minimum Gasteiger partial charge on any atom is -0.350 e. The van der Waals surface area contributed by atoms with Gasteiger partial charge in [0.2, 0.25) is 11.9 Å². The van der Waals surface area contributed by atoms with Crippen molar-refractivity contribution in [1.82, 2.24) is 14.9 Å². The Kier molecular flexibility index (Phi) is 4.70. The standard InChI is InChI=1S/C20H26N6O/c1-13-17-18(25(3)14(2)19(27)23-17)24-20(21-13)22-16-9-10-26(12-16)11-15-7-5-4-6-8-15/h4-8,14,16H,9-12H2,1-3H3,(H,23,27)(H,21,22,24)/t14-,16?/m0/s1. The van der Waals surface area contributed by atoms with Crippen molar-refractivity contribution in [3.05, 3.63) is 41.6 Å². The third-order valence-corrected chi connectivity index (χ3v) is 5.47. The predicted molar refractivity (Wildman–Crippen MR) is 107 cm³/mol. The number of rotatable bonds is 4. The van der Waals surface area contributed by atoms with Gasteiger partial charge in [-0.15, -0.1) is 0 Å². The topological polar surface area (TPSA) is 73.4 Å². The highest BCUT2D eigenvalue weighted by Crippen LogP contribution is 2.32. The summed E-state index contributed by atoms with van der Waals surface area (Å²) >= 11 is 0. The molecule has 3 heterocycles. The summed E-state index contributed by atoms with van der Waals surface area (Å²) in [6, 6.07) is 10.6. The molecule has 2 aromatic rings. The molecular weight excluding hydrogens is 340 g/mol. The van der Waals surface area contributed by atoms with Crippen molar-refractivity contribution in [3.63, 3.8) is 0 Å². The number of benzene rings is 1. The van der Waals surface area contributed by atoms with Gasteiger partial charge in [0, 0.05) is 32.7 Å². The summed E-state index contributed by atoms with van der Waals surface area (Å²) in [7, 11) is 1.90. The number of anilines is 3. The maximum absolute atomic E-state index is 12.0. The molecule has 2 aliphatic heterocycles. The Hall–Kier alpha value is -2.67. The van der Waals surface area contributed by atoms with Crippen LogP contribution in [0.25, 0.3) is 0 Å². The number of carbonyl (C=O) groups excluding carboxylic acids is 1. The number of likely N-dealkylation sites (N-methyl/N-ethyl adjacent to an activating group) is 1. The molecule has 0 spiro atoms. The summed E-state index contributed by atoms with van der Waals surface area (Å²) in [5.41, 5.74) is 2.84. The first-order valence-corrected chi connectivity index (χ1v) is 9.46. The second-order valence-corrected chi connectivity index (χ2v) is 7.46. The van der Waals surface area contributed by atoms with Crippen molar-refractivity contribution in [3.8, 4) is 0 Å². The molecule has 1 aromatic carbocycles. The second-order valence-electron chi connectivity index (χ2n) is 7.46. The quantitative estimate of drug-likeness (QED) is 0.865. The summed E-state index contributed by atoms with van der Waals surface area (Å²) in [6.45, 7) is 6.78. The second kappa shape index (κ2) is 7.15. The van der Waals surface area contributed by atoms with E-state index in [1.54, 1.807) is 0 Å². The van der Waals surface area contributed by atoms with Gasteiger partial charge in [-0.3, -0.25) is 9.69 Å². The Balaban J connectivity index is 1.45. The van der Waals surface area contributed by atoms with E-state index < -0.39 is 0 Å². The van der Waals surface area contributed by atoms with Crippen molar-refractivity contribution in [2.45, 2.75) is 38.9 Å².